The van der Waals surface area contributed by atoms with Gasteiger partial charge in [-0.05, 0) is 41.1 Å². The Morgan fingerprint density at radius 2 is 1.85 bits per heavy atom. The van der Waals surface area contributed by atoms with Gasteiger partial charge in [0.15, 0.2) is 0 Å². The fourth-order valence-corrected chi connectivity index (χ4v) is 3.91. The van der Waals surface area contributed by atoms with E-state index in [1.54, 1.807) is 18.0 Å². The Bertz CT molecular complexity index is 1090. The van der Waals surface area contributed by atoms with Crippen LogP contribution < -0.4 is 0 Å². The molecular weight excluding hydrogens is 380 g/mol. The molecule has 3 nitrogen and oxygen atoms in total. The molecule has 0 bridgehead atoms. The van der Waals surface area contributed by atoms with Gasteiger partial charge in [0.05, 0.1) is 12.7 Å². The molecule has 0 spiro atoms. The summed E-state index contributed by atoms with van der Waals surface area (Å²) in [4.78, 5) is 13.4. The third kappa shape index (κ3) is 4.12. The zero-order valence-electron chi connectivity index (χ0n) is 14.5. The number of rotatable bonds is 6. The molecule has 3 aromatic carbocycles. The van der Waals surface area contributed by atoms with E-state index < -0.39 is 0 Å². The minimum atomic E-state index is -0.248. The molecule has 0 aliphatic rings. The number of hydrogen-bond acceptors (Lipinski definition) is 4. The third-order valence-electron chi connectivity index (χ3n) is 4.30. The summed E-state index contributed by atoms with van der Waals surface area (Å²) in [5, 5.41) is 3.91. The summed E-state index contributed by atoms with van der Waals surface area (Å²) in [6.45, 7) is 0.364. The van der Waals surface area contributed by atoms with Crippen LogP contribution in [-0.2, 0) is 16.0 Å². The van der Waals surface area contributed by atoms with Crippen LogP contribution in [0.2, 0.25) is 5.02 Å². The van der Waals surface area contributed by atoms with Crippen molar-refractivity contribution in [2.75, 3.05) is 12.4 Å². The number of carbonyl (C=O) groups is 1. The molecule has 0 radical (unpaired) electrons. The number of thioether (sulfide) groups is 1. The molecule has 0 aliphatic carbocycles. The molecule has 0 amide bonds. The lowest BCUT2D eigenvalue weighted by atomic mass is 10.0. The van der Waals surface area contributed by atoms with Crippen molar-refractivity contribution in [3.8, 4) is 0 Å². The Balaban J connectivity index is 1.38. The van der Waals surface area contributed by atoms with E-state index in [9.17, 15) is 4.79 Å². The maximum Gasteiger partial charge on any atom is 0.310 e. The monoisotopic (exact) mass is 396 g/mol. The minimum Gasteiger partial charge on any atom is -0.465 e. The number of benzene rings is 3. The first-order valence-corrected chi connectivity index (χ1v) is 9.99. The second-order valence-corrected chi connectivity index (χ2v) is 7.73. The standard InChI is InChI=1S/C22H17ClO3S/c23-17-6-8-18(9-7-17)27-12-11-25-21(24)13-16-14-26-20-10-5-15-3-1-2-4-19(15)22(16)20/h1-10,14H,11-13H2. The van der Waals surface area contributed by atoms with Gasteiger partial charge in [-0.3, -0.25) is 4.79 Å². The summed E-state index contributed by atoms with van der Waals surface area (Å²) < 4.78 is 11.0. The van der Waals surface area contributed by atoms with Gasteiger partial charge in [0.1, 0.15) is 12.2 Å². The minimum absolute atomic E-state index is 0.201. The number of hydrogen-bond donors (Lipinski definition) is 0. The average Bonchev–Trinajstić information content (AvgIpc) is 3.10. The van der Waals surface area contributed by atoms with Gasteiger partial charge in [0.2, 0.25) is 0 Å². The zero-order valence-corrected chi connectivity index (χ0v) is 16.1. The van der Waals surface area contributed by atoms with Crippen LogP contribution in [0.15, 0.2) is 76.2 Å². The predicted octanol–water partition coefficient (Wildman–Crippen LogP) is 6.12. The molecule has 27 heavy (non-hydrogen) atoms. The normalized spacial score (nSPS) is 11.1. The fourth-order valence-electron chi connectivity index (χ4n) is 3.06. The topological polar surface area (TPSA) is 39.4 Å². The van der Waals surface area contributed by atoms with Crippen LogP contribution in [0.25, 0.3) is 21.7 Å². The van der Waals surface area contributed by atoms with Crippen molar-refractivity contribution in [3.63, 3.8) is 0 Å². The Labute approximate surface area is 166 Å². The maximum absolute atomic E-state index is 12.3. The largest absolute Gasteiger partial charge is 0.465 e. The van der Waals surface area contributed by atoms with Crippen LogP contribution in [0.3, 0.4) is 0 Å². The van der Waals surface area contributed by atoms with E-state index >= 15 is 0 Å². The van der Waals surface area contributed by atoms with Crippen molar-refractivity contribution in [1.82, 2.24) is 0 Å². The van der Waals surface area contributed by atoms with Crippen LogP contribution >= 0.6 is 23.4 Å². The van der Waals surface area contributed by atoms with Crippen LogP contribution in [-0.4, -0.2) is 18.3 Å². The number of fused-ring (bicyclic) bond motifs is 3. The maximum atomic E-state index is 12.3. The molecule has 0 unspecified atom stereocenters. The molecule has 0 fully saturated rings. The Kier molecular flexibility index (Phi) is 5.37. The lowest BCUT2D eigenvalue weighted by molar-refractivity contribution is -0.142. The van der Waals surface area contributed by atoms with Gasteiger partial charge in [-0.1, -0.05) is 41.9 Å². The Hall–Kier alpha value is -2.43. The summed E-state index contributed by atoms with van der Waals surface area (Å²) in [6, 6.07) is 19.7. The van der Waals surface area contributed by atoms with E-state index in [0.29, 0.717) is 17.4 Å². The molecular formula is C22H17ClO3S. The predicted molar refractivity (Wildman–Crippen MR) is 111 cm³/mol. The van der Waals surface area contributed by atoms with Crippen LogP contribution in [0.4, 0.5) is 0 Å². The van der Waals surface area contributed by atoms with E-state index in [1.807, 2.05) is 54.6 Å². The number of furan rings is 1. The summed E-state index contributed by atoms with van der Waals surface area (Å²) in [6.07, 6.45) is 1.85. The smallest absolute Gasteiger partial charge is 0.310 e. The molecule has 0 saturated heterocycles. The fraction of sp³-hybridized carbons (Fsp3) is 0.136. The highest BCUT2D eigenvalue weighted by Crippen LogP contribution is 2.30. The van der Waals surface area contributed by atoms with Crippen LogP contribution in [0, 0.1) is 0 Å². The Morgan fingerprint density at radius 1 is 1.04 bits per heavy atom. The van der Waals surface area contributed by atoms with E-state index in [2.05, 4.69) is 6.07 Å². The first kappa shape index (κ1) is 18.0. The summed E-state index contributed by atoms with van der Waals surface area (Å²) in [5.41, 5.74) is 1.65. The van der Waals surface area contributed by atoms with Crippen molar-refractivity contribution in [2.45, 2.75) is 11.3 Å². The van der Waals surface area contributed by atoms with Gasteiger partial charge in [0, 0.05) is 26.6 Å². The summed E-state index contributed by atoms with van der Waals surface area (Å²) in [5.74, 6) is 0.449. The van der Waals surface area contributed by atoms with Gasteiger partial charge in [-0.25, -0.2) is 0 Å². The van der Waals surface area contributed by atoms with Gasteiger partial charge in [-0.2, -0.15) is 0 Å². The first-order chi connectivity index (χ1) is 13.2. The lowest BCUT2D eigenvalue weighted by Crippen LogP contribution is -2.10. The molecule has 1 heterocycles. The number of ether oxygens (including phenoxy) is 1. The van der Waals surface area contributed by atoms with Gasteiger partial charge >= 0.3 is 5.97 Å². The van der Waals surface area contributed by atoms with E-state index in [-0.39, 0.29) is 12.4 Å². The highest BCUT2D eigenvalue weighted by atomic mass is 35.5. The Morgan fingerprint density at radius 3 is 2.70 bits per heavy atom. The molecule has 136 valence electrons. The van der Waals surface area contributed by atoms with E-state index in [0.717, 1.165) is 32.2 Å². The molecule has 0 aliphatic heterocycles. The van der Waals surface area contributed by atoms with Crippen molar-refractivity contribution < 1.29 is 13.9 Å². The van der Waals surface area contributed by atoms with Crippen molar-refractivity contribution in [3.05, 3.63) is 77.5 Å². The highest BCUT2D eigenvalue weighted by molar-refractivity contribution is 7.99. The first-order valence-electron chi connectivity index (χ1n) is 8.62. The second kappa shape index (κ2) is 8.07. The molecule has 0 saturated carbocycles. The molecule has 5 heteroatoms. The number of halogens is 1. The molecule has 4 rings (SSSR count). The van der Waals surface area contributed by atoms with Crippen LogP contribution in [0.5, 0.6) is 0 Å². The quantitative estimate of drug-likeness (QED) is 0.223. The zero-order chi connectivity index (χ0) is 18.6. The molecule has 0 N–H and O–H groups in total. The SMILES string of the molecule is O=C(Cc1coc2ccc3ccccc3c12)OCCSc1ccc(Cl)cc1. The van der Waals surface area contributed by atoms with Gasteiger partial charge in [0.25, 0.3) is 0 Å². The highest BCUT2D eigenvalue weighted by Gasteiger charge is 2.14. The molecule has 4 aromatic rings. The second-order valence-electron chi connectivity index (χ2n) is 6.12. The number of esters is 1. The van der Waals surface area contributed by atoms with Crippen molar-refractivity contribution in [2.24, 2.45) is 0 Å². The average molecular weight is 397 g/mol. The van der Waals surface area contributed by atoms with Gasteiger partial charge in [-0.15, -0.1) is 11.8 Å². The van der Waals surface area contributed by atoms with Gasteiger partial charge < -0.3 is 9.15 Å². The number of carbonyl (C=O) groups excluding carboxylic acids is 1. The van der Waals surface area contributed by atoms with Crippen LogP contribution in [0.1, 0.15) is 5.56 Å². The molecule has 1 aromatic heterocycles. The van der Waals surface area contributed by atoms with Crippen molar-refractivity contribution in [1.29, 1.82) is 0 Å². The van der Waals surface area contributed by atoms with Crippen molar-refractivity contribution >= 4 is 51.1 Å². The summed E-state index contributed by atoms with van der Waals surface area (Å²) >= 11 is 7.50. The van der Waals surface area contributed by atoms with E-state index in [4.69, 9.17) is 20.8 Å². The molecule has 0 atom stereocenters. The lowest BCUT2D eigenvalue weighted by Gasteiger charge is -2.05. The summed E-state index contributed by atoms with van der Waals surface area (Å²) in [7, 11) is 0. The van der Waals surface area contributed by atoms with E-state index in [1.165, 1.54) is 0 Å². The third-order valence-corrected chi connectivity index (χ3v) is 5.53.